The van der Waals surface area contributed by atoms with Crippen LogP contribution in [0.4, 0.5) is 23.0 Å². The molecule has 0 saturated carbocycles. The molecule has 11 N–H and O–H groups in total. The maximum atomic E-state index is 5.98. The smallest absolute Gasteiger partial charge is 0.157 e. The number of rotatable bonds is 15. The third-order valence-electron chi connectivity index (χ3n) is 9.63. The van der Waals surface area contributed by atoms with Gasteiger partial charge in [0.05, 0.1) is 67.9 Å². The van der Waals surface area contributed by atoms with Crippen LogP contribution in [-0.2, 0) is 32.4 Å². The van der Waals surface area contributed by atoms with Crippen molar-refractivity contribution in [3.63, 3.8) is 0 Å². The number of H-pyrrole nitrogens is 2. The van der Waals surface area contributed by atoms with Crippen molar-refractivity contribution in [3.05, 3.63) is 137 Å². The van der Waals surface area contributed by atoms with Crippen LogP contribution in [0.1, 0.15) is 33.1 Å². The Kier molecular flexibility index (Phi) is 14.2. The number of nitrogens with two attached hydrogens (primary N) is 3. The third-order valence-corrected chi connectivity index (χ3v) is 11.7. The zero-order valence-electron chi connectivity index (χ0n) is 34.7. The first-order valence-electron chi connectivity index (χ1n) is 20.4. The second-order valence-corrected chi connectivity index (χ2v) is 16.2. The predicted octanol–water partition coefficient (Wildman–Crippen LogP) is 6.31. The van der Waals surface area contributed by atoms with Gasteiger partial charge in [0.15, 0.2) is 11.6 Å². The Balaban J connectivity index is 0.000000149. The second-order valence-electron chi connectivity index (χ2n) is 14.1. The quantitative estimate of drug-likeness (QED) is 0.0524. The van der Waals surface area contributed by atoms with Gasteiger partial charge >= 0.3 is 0 Å². The maximum absolute atomic E-state index is 5.98. The van der Waals surface area contributed by atoms with Crippen molar-refractivity contribution in [1.29, 1.82) is 0 Å². The van der Waals surface area contributed by atoms with E-state index >= 15 is 0 Å². The molecule has 0 radical (unpaired) electrons. The summed E-state index contributed by atoms with van der Waals surface area (Å²) in [6.45, 7) is 6.86. The number of nitrogens with one attached hydrogen (secondary N) is 5. The van der Waals surface area contributed by atoms with Gasteiger partial charge in [-0.1, -0.05) is 53.5 Å². The Hall–Kier alpha value is -7.52. The number of fused-ring (bicyclic) bond motifs is 4. The summed E-state index contributed by atoms with van der Waals surface area (Å²) in [6, 6.07) is 23.3. The number of nitrogens with zero attached hydrogens (tertiary/aromatic N) is 10. The molecule has 0 spiro atoms. The molecule has 0 amide bonds. The van der Waals surface area contributed by atoms with Gasteiger partial charge in [-0.3, -0.25) is 9.97 Å². The largest absolute Gasteiger partial charge is 0.397 e. The van der Waals surface area contributed by atoms with E-state index in [-0.39, 0.29) is 0 Å². The Labute approximate surface area is 375 Å². The van der Waals surface area contributed by atoms with Crippen LogP contribution in [-0.4, -0.2) is 79.4 Å². The average Bonchev–Trinajstić information content (AvgIpc) is 4.13. The number of pyridine rings is 2. The lowest BCUT2D eigenvalue weighted by molar-refractivity contribution is 0.670. The molecule has 0 aliphatic heterocycles. The normalized spacial score (nSPS) is 11.0. The highest BCUT2D eigenvalue weighted by molar-refractivity contribution is 7.18. The van der Waals surface area contributed by atoms with E-state index in [9.17, 15) is 0 Å². The highest BCUT2D eigenvalue weighted by atomic mass is 32.1. The predicted molar refractivity (Wildman–Crippen MR) is 258 cm³/mol. The highest BCUT2D eigenvalue weighted by Crippen LogP contribution is 2.27. The molecule has 0 saturated heterocycles. The van der Waals surface area contributed by atoms with Crippen LogP contribution in [0.3, 0.4) is 0 Å². The minimum atomic E-state index is 0.481. The monoisotopic (exact) mass is 890 g/mol. The number of anilines is 4. The lowest BCUT2D eigenvalue weighted by Crippen LogP contribution is -2.20. The van der Waals surface area contributed by atoms with E-state index in [0.29, 0.717) is 42.6 Å². The van der Waals surface area contributed by atoms with E-state index in [4.69, 9.17) is 22.2 Å². The molecule has 18 nitrogen and oxygen atoms in total. The molecular weight excluding hydrogens is 845 g/mol. The number of aromatic nitrogens is 12. The van der Waals surface area contributed by atoms with Crippen molar-refractivity contribution in [3.8, 4) is 0 Å². The first-order valence-corrected chi connectivity index (χ1v) is 22.1. The molecule has 0 aliphatic carbocycles. The van der Waals surface area contributed by atoms with Gasteiger partial charge in [0.2, 0.25) is 0 Å². The summed E-state index contributed by atoms with van der Waals surface area (Å²) in [4.78, 5) is 52.1. The average molecular weight is 891 g/mol. The summed E-state index contributed by atoms with van der Waals surface area (Å²) in [6.07, 6.45) is 10.7. The molecular formula is C44H46N18S2. The molecule has 324 valence electrons. The fraction of sp³-hybridized carbons (Fsp3) is 0.182. The SMILES string of the molecule is C=Cc1nc2ccccc2[nH]1.NCCc1nc2c(NCc3ncccc3N)ncnc2s1.Nc1cccnc1CNc1ncnc2sc(CCNCCc3nc4ccccc4[nH]3)nc12. The molecule has 0 fully saturated rings. The van der Waals surface area contributed by atoms with Gasteiger partial charge in [0, 0.05) is 44.7 Å². The molecule has 0 bridgehead atoms. The van der Waals surface area contributed by atoms with Gasteiger partial charge in [-0.25, -0.2) is 39.9 Å². The van der Waals surface area contributed by atoms with E-state index in [1.807, 2.05) is 66.7 Å². The lowest BCUT2D eigenvalue weighted by Gasteiger charge is -2.07. The molecule has 64 heavy (non-hydrogen) atoms. The Morgan fingerprint density at radius 1 is 0.594 bits per heavy atom. The minimum Gasteiger partial charge on any atom is -0.397 e. The number of imidazole rings is 2. The Morgan fingerprint density at radius 3 is 1.69 bits per heavy atom. The Bertz CT molecular complexity index is 3030. The summed E-state index contributed by atoms with van der Waals surface area (Å²) < 4.78 is 0. The minimum absolute atomic E-state index is 0.481. The number of thiazole rings is 2. The standard InChI is InChI=1S/C22H23N9S.C13H15N7S.C9H8N2/c23-14-4-3-9-25-17(14)12-26-21-20-22(28-13-27-21)32-19(31-20)8-11-24-10-7-18-29-15-5-1-2-6-16(15)30-18;14-4-3-10-20-11-12(18-7-19-13(11)21-10)17-6-9-8(15)2-1-5-16-9;1-2-9-10-7-5-3-4-6-8(7)11-9/h1-6,9,13,24H,7-8,10-12,23H2,(H,29,30)(H,26,27,28);1-2,5,7H,3-4,6,14-15H2,(H,17,18,19);2-6H,1H2,(H,10,11). The van der Waals surface area contributed by atoms with Crippen molar-refractivity contribution in [1.82, 2.24) is 65.1 Å². The van der Waals surface area contributed by atoms with E-state index in [2.05, 4.69) is 77.4 Å². The van der Waals surface area contributed by atoms with E-state index in [1.54, 1.807) is 42.2 Å². The number of hydrogen-bond acceptors (Lipinski definition) is 18. The maximum Gasteiger partial charge on any atom is 0.157 e. The van der Waals surface area contributed by atoms with E-state index < -0.39 is 0 Å². The van der Waals surface area contributed by atoms with Gasteiger partial charge in [0.25, 0.3) is 0 Å². The van der Waals surface area contributed by atoms with Gasteiger partial charge in [-0.2, -0.15) is 0 Å². The number of benzene rings is 2. The van der Waals surface area contributed by atoms with Crippen molar-refractivity contribution in [2.24, 2.45) is 5.73 Å². The summed E-state index contributed by atoms with van der Waals surface area (Å²) in [5, 5.41) is 12.0. The van der Waals surface area contributed by atoms with Crippen LogP contribution < -0.4 is 33.2 Å². The van der Waals surface area contributed by atoms with Crippen molar-refractivity contribution in [2.75, 3.05) is 41.7 Å². The van der Waals surface area contributed by atoms with Crippen LogP contribution in [0.5, 0.6) is 0 Å². The van der Waals surface area contributed by atoms with Crippen LogP contribution in [0.2, 0.25) is 0 Å². The lowest BCUT2D eigenvalue weighted by atomic mass is 10.3. The van der Waals surface area contributed by atoms with Crippen molar-refractivity contribution >= 4 is 94.5 Å². The highest BCUT2D eigenvalue weighted by Gasteiger charge is 2.13. The number of nitrogen functional groups attached to an aromatic ring is 2. The Morgan fingerprint density at radius 2 is 1.14 bits per heavy atom. The molecule has 10 aromatic rings. The fourth-order valence-corrected chi connectivity index (χ4v) is 8.26. The van der Waals surface area contributed by atoms with Crippen molar-refractivity contribution < 1.29 is 0 Å². The molecule has 2 aromatic carbocycles. The summed E-state index contributed by atoms with van der Waals surface area (Å²) >= 11 is 3.13. The summed E-state index contributed by atoms with van der Waals surface area (Å²) in [5.41, 5.74) is 26.0. The molecule has 8 heterocycles. The van der Waals surface area contributed by atoms with Crippen LogP contribution >= 0.6 is 22.7 Å². The van der Waals surface area contributed by atoms with Gasteiger partial charge < -0.3 is 43.1 Å². The zero-order chi connectivity index (χ0) is 44.1. The zero-order valence-corrected chi connectivity index (χ0v) is 36.3. The molecule has 0 aliphatic rings. The number of aromatic amines is 2. The van der Waals surface area contributed by atoms with Gasteiger partial charge in [-0.15, -0.1) is 0 Å². The van der Waals surface area contributed by atoms with Crippen molar-refractivity contribution in [2.45, 2.75) is 32.4 Å². The fourth-order valence-electron chi connectivity index (χ4n) is 6.44. The molecule has 8 aromatic heterocycles. The topological polar surface area (TPSA) is 275 Å². The number of hydrogen-bond donors (Lipinski definition) is 8. The molecule has 20 heteroatoms. The van der Waals surface area contributed by atoms with E-state index in [1.165, 1.54) is 17.7 Å². The van der Waals surface area contributed by atoms with E-state index in [0.717, 1.165) is 108 Å². The molecule has 10 rings (SSSR count). The number of para-hydroxylation sites is 4. The van der Waals surface area contributed by atoms with Gasteiger partial charge in [-0.05, 0) is 61.2 Å². The summed E-state index contributed by atoms with van der Waals surface area (Å²) in [5.74, 6) is 3.20. The molecule has 0 atom stereocenters. The second kappa shape index (κ2) is 21.0. The van der Waals surface area contributed by atoms with Crippen LogP contribution in [0.15, 0.2) is 104 Å². The third kappa shape index (κ3) is 10.9. The first-order chi connectivity index (χ1) is 31.4. The van der Waals surface area contributed by atoms with Gasteiger partial charge in [0.1, 0.15) is 45.0 Å². The van der Waals surface area contributed by atoms with Crippen LogP contribution in [0.25, 0.3) is 48.8 Å². The van der Waals surface area contributed by atoms with Crippen LogP contribution in [0, 0.1) is 0 Å². The molecule has 0 unspecified atom stereocenters. The summed E-state index contributed by atoms with van der Waals surface area (Å²) in [7, 11) is 0. The first kappa shape index (κ1) is 43.1.